The van der Waals surface area contributed by atoms with E-state index in [2.05, 4.69) is 48.2 Å². The Bertz CT molecular complexity index is 414. The minimum absolute atomic E-state index is 0.563. The quantitative estimate of drug-likeness (QED) is 0.897. The van der Waals surface area contributed by atoms with E-state index in [4.69, 9.17) is 0 Å². The van der Waals surface area contributed by atoms with Crippen LogP contribution in [0.1, 0.15) is 50.3 Å². The van der Waals surface area contributed by atoms with Crippen LogP contribution < -0.4 is 5.32 Å². The summed E-state index contributed by atoms with van der Waals surface area (Å²) in [4.78, 5) is 7.19. The van der Waals surface area contributed by atoms with Crippen LogP contribution in [0.2, 0.25) is 0 Å². The average molecular weight is 261 g/mol. The Hall–Kier alpha value is -1.09. The summed E-state index contributed by atoms with van der Waals surface area (Å²) in [5.41, 5.74) is 2.63. The van der Waals surface area contributed by atoms with Gasteiger partial charge in [0, 0.05) is 25.8 Å². The highest BCUT2D eigenvalue weighted by Gasteiger charge is 2.24. The van der Waals surface area contributed by atoms with Gasteiger partial charge >= 0.3 is 0 Å². The molecule has 0 aliphatic carbocycles. The fraction of sp³-hybridized carbons (Fsp3) is 0.688. The second-order valence-corrected chi connectivity index (χ2v) is 6.08. The normalized spacial score (nSPS) is 20.8. The van der Waals surface area contributed by atoms with Crippen LogP contribution in [0.4, 0.5) is 5.82 Å². The smallest absolute Gasteiger partial charge is 0.128 e. The predicted molar refractivity (Wildman–Crippen MR) is 81.5 cm³/mol. The van der Waals surface area contributed by atoms with Crippen LogP contribution in [0.5, 0.6) is 0 Å². The van der Waals surface area contributed by atoms with E-state index in [1.54, 1.807) is 0 Å². The van der Waals surface area contributed by atoms with Gasteiger partial charge in [-0.3, -0.25) is 4.90 Å². The second kappa shape index (κ2) is 6.38. The van der Waals surface area contributed by atoms with Gasteiger partial charge in [0.1, 0.15) is 5.82 Å². The van der Waals surface area contributed by atoms with Crippen molar-refractivity contribution in [1.82, 2.24) is 9.88 Å². The lowest BCUT2D eigenvalue weighted by Gasteiger charge is -2.37. The molecule has 106 valence electrons. The topological polar surface area (TPSA) is 28.2 Å². The van der Waals surface area contributed by atoms with E-state index >= 15 is 0 Å². The highest BCUT2D eigenvalue weighted by atomic mass is 15.2. The monoisotopic (exact) mass is 261 g/mol. The maximum atomic E-state index is 4.55. The number of likely N-dealkylation sites (tertiary alicyclic amines) is 1. The Labute approximate surface area is 117 Å². The van der Waals surface area contributed by atoms with Crippen LogP contribution in [0.25, 0.3) is 0 Å². The van der Waals surface area contributed by atoms with E-state index < -0.39 is 0 Å². The molecule has 2 heterocycles. The van der Waals surface area contributed by atoms with Crippen molar-refractivity contribution in [3.05, 3.63) is 23.4 Å². The molecule has 1 aromatic heterocycles. The summed E-state index contributed by atoms with van der Waals surface area (Å²) in [5, 5.41) is 3.14. The highest BCUT2D eigenvalue weighted by molar-refractivity contribution is 5.44. The van der Waals surface area contributed by atoms with Crippen LogP contribution >= 0.6 is 0 Å². The van der Waals surface area contributed by atoms with Crippen LogP contribution in [-0.2, 0) is 0 Å². The first-order valence-corrected chi connectivity index (χ1v) is 7.50. The molecule has 1 aliphatic rings. The third-order valence-electron chi connectivity index (χ3n) is 3.93. The number of nitrogens with zero attached hydrogens (tertiary/aromatic N) is 2. The number of pyridine rings is 1. The van der Waals surface area contributed by atoms with E-state index in [1.165, 1.54) is 43.5 Å². The molecule has 0 bridgehead atoms. The fourth-order valence-corrected chi connectivity index (χ4v) is 3.10. The molecule has 19 heavy (non-hydrogen) atoms. The molecule has 3 heteroatoms. The van der Waals surface area contributed by atoms with Gasteiger partial charge in [-0.1, -0.05) is 20.3 Å². The SMILES string of the molecule is CNc1ncc([C@H]2CCCCN2CC(C)C)cc1C. The molecule has 3 nitrogen and oxygen atoms in total. The van der Waals surface area contributed by atoms with Crippen LogP contribution in [0.15, 0.2) is 12.3 Å². The van der Waals surface area contributed by atoms with Gasteiger partial charge in [0.15, 0.2) is 0 Å². The van der Waals surface area contributed by atoms with Crippen molar-refractivity contribution in [1.29, 1.82) is 0 Å². The van der Waals surface area contributed by atoms with E-state index in [0.29, 0.717) is 6.04 Å². The summed E-state index contributed by atoms with van der Waals surface area (Å²) < 4.78 is 0. The average Bonchev–Trinajstić information content (AvgIpc) is 2.38. The molecule has 0 amide bonds. The number of aromatic nitrogens is 1. The molecule has 1 aromatic rings. The first-order valence-electron chi connectivity index (χ1n) is 7.50. The molecular weight excluding hydrogens is 234 g/mol. The van der Waals surface area contributed by atoms with Gasteiger partial charge in [-0.15, -0.1) is 0 Å². The van der Waals surface area contributed by atoms with Crippen molar-refractivity contribution in [2.24, 2.45) is 5.92 Å². The minimum Gasteiger partial charge on any atom is -0.373 e. The van der Waals surface area contributed by atoms with Crippen LogP contribution in [0, 0.1) is 12.8 Å². The first-order chi connectivity index (χ1) is 9.11. The lowest BCUT2D eigenvalue weighted by Crippen LogP contribution is -2.36. The van der Waals surface area contributed by atoms with E-state index in [0.717, 1.165) is 11.7 Å². The number of nitrogens with one attached hydrogen (secondary N) is 1. The Morgan fingerprint density at radius 1 is 1.42 bits per heavy atom. The molecule has 0 saturated carbocycles. The van der Waals surface area contributed by atoms with Crippen molar-refractivity contribution in [3.63, 3.8) is 0 Å². The molecule has 0 unspecified atom stereocenters. The van der Waals surface area contributed by atoms with Gasteiger partial charge in [-0.05, 0) is 49.4 Å². The third kappa shape index (κ3) is 3.47. The van der Waals surface area contributed by atoms with Crippen molar-refractivity contribution < 1.29 is 0 Å². The molecule has 1 saturated heterocycles. The Kier molecular flexibility index (Phi) is 4.81. The molecule has 0 radical (unpaired) electrons. The van der Waals surface area contributed by atoms with E-state index in [-0.39, 0.29) is 0 Å². The number of hydrogen-bond donors (Lipinski definition) is 1. The predicted octanol–water partition coefficient (Wildman–Crippen LogP) is 3.61. The fourth-order valence-electron chi connectivity index (χ4n) is 3.10. The Morgan fingerprint density at radius 2 is 2.21 bits per heavy atom. The van der Waals surface area contributed by atoms with Gasteiger partial charge < -0.3 is 5.32 Å². The van der Waals surface area contributed by atoms with Gasteiger partial charge in [-0.2, -0.15) is 0 Å². The lowest BCUT2D eigenvalue weighted by molar-refractivity contribution is 0.132. The third-order valence-corrected chi connectivity index (χ3v) is 3.93. The Morgan fingerprint density at radius 3 is 2.84 bits per heavy atom. The zero-order valence-corrected chi connectivity index (χ0v) is 12.7. The number of hydrogen-bond acceptors (Lipinski definition) is 3. The Balaban J connectivity index is 2.19. The lowest BCUT2D eigenvalue weighted by atomic mass is 9.94. The number of piperidine rings is 1. The van der Waals surface area contributed by atoms with E-state index in [9.17, 15) is 0 Å². The van der Waals surface area contributed by atoms with Gasteiger partial charge in [-0.25, -0.2) is 4.98 Å². The molecule has 0 spiro atoms. The minimum atomic E-state index is 0.563. The van der Waals surface area contributed by atoms with Crippen molar-refractivity contribution >= 4 is 5.82 Å². The zero-order valence-electron chi connectivity index (χ0n) is 12.7. The van der Waals surface area contributed by atoms with Crippen molar-refractivity contribution in [3.8, 4) is 0 Å². The molecule has 1 atom stereocenters. The molecule has 1 N–H and O–H groups in total. The maximum Gasteiger partial charge on any atom is 0.128 e. The molecular formula is C16H27N3. The standard InChI is InChI=1S/C16H27N3/c1-12(2)11-19-8-6-5-7-15(19)14-9-13(3)16(17-4)18-10-14/h9-10,12,15H,5-8,11H2,1-4H3,(H,17,18)/t15-/m1/s1. The van der Waals surface area contributed by atoms with Gasteiger partial charge in [0.2, 0.25) is 0 Å². The summed E-state index contributed by atoms with van der Waals surface area (Å²) >= 11 is 0. The van der Waals surface area contributed by atoms with Crippen molar-refractivity contribution in [2.75, 3.05) is 25.5 Å². The molecule has 1 fully saturated rings. The maximum absolute atomic E-state index is 4.55. The molecule has 0 aromatic carbocycles. The van der Waals surface area contributed by atoms with Gasteiger partial charge in [0.05, 0.1) is 0 Å². The largest absolute Gasteiger partial charge is 0.373 e. The highest BCUT2D eigenvalue weighted by Crippen LogP contribution is 2.32. The molecule has 1 aliphatic heterocycles. The van der Waals surface area contributed by atoms with Crippen LogP contribution in [0.3, 0.4) is 0 Å². The second-order valence-electron chi connectivity index (χ2n) is 6.08. The number of anilines is 1. The van der Waals surface area contributed by atoms with Crippen LogP contribution in [-0.4, -0.2) is 30.0 Å². The van der Waals surface area contributed by atoms with Crippen molar-refractivity contribution in [2.45, 2.75) is 46.1 Å². The summed E-state index contributed by atoms with van der Waals surface area (Å²) in [6.07, 6.45) is 6.01. The number of aryl methyl sites for hydroxylation is 1. The summed E-state index contributed by atoms with van der Waals surface area (Å²) in [6, 6.07) is 2.87. The first kappa shape index (κ1) is 14.3. The summed E-state index contributed by atoms with van der Waals surface area (Å²) in [7, 11) is 1.93. The summed E-state index contributed by atoms with van der Waals surface area (Å²) in [6.45, 7) is 9.17. The molecule has 2 rings (SSSR count). The van der Waals surface area contributed by atoms with Gasteiger partial charge in [0.25, 0.3) is 0 Å². The zero-order chi connectivity index (χ0) is 13.8. The van der Waals surface area contributed by atoms with E-state index in [1.807, 2.05) is 7.05 Å². The summed E-state index contributed by atoms with van der Waals surface area (Å²) in [5.74, 6) is 1.72. The number of rotatable bonds is 4.